The highest BCUT2D eigenvalue weighted by Gasteiger charge is 2.00. The van der Waals surface area contributed by atoms with Crippen LogP contribution in [0.4, 0.5) is 0 Å². The first kappa shape index (κ1) is 13.0. The Labute approximate surface area is 97.6 Å². The molecule has 0 bridgehead atoms. The maximum Gasteiger partial charge on any atom is 0.122 e. The first-order valence-electron chi connectivity index (χ1n) is 5.75. The molecule has 1 aromatic rings. The highest BCUT2D eigenvalue weighted by molar-refractivity contribution is 5.31. The van der Waals surface area contributed by atoms with E-state index in [0.29, 0.717) is 19.8 Å². The van der Waals surface area contributed by atoms with Crippen LogP contribution in [0.5, 0.6) is 5.75 Å². The predicted molar refractivity (Wildman–Crippen MR) is 65.8 cm³/mol. The molecule has 0 aromatic heterocycles. The lowest BCUT2D eigenvalue weighted by atomic mass is 10.2. The first-order valence-corrected chi connectivity index (χ1v) is 5.75. The number of hydrogen-bond acceptors (Lipinski definition) is 3. The normalized spacial score (nSPS) is 12.4. The smallest absolute Gasteiger partial charge is 0.122 e. The molecule has 3 nitrogen and oxygen atoms in total. The van der Waals surface area contributed by atoms with Gasteiger partial charge in [-0.05, 0) is 25.0 Å². The van der Waals surface area contributed by atoms with Crippen molar-refractivity contribution in [3.05, 3.63) is 29.8 Å². The lowest BCUT2D eigenvalue weighted by Gasteiger charge is -2.11. The molecule has 0 saturated carbocycles. The molecule has 3 heteroatoms. The summed E-state index contributed by atoms with van der Waals surface area (Å²) in [6.07, 6.45) is 0.943. The lowest BCUT2D eigenvalue weighted by molar-refractivity contribution is 0.0895. The van der Waals surface area contributed by atoms with Crippen LogP contribution in [0, 0.1) is 6.92 Å². The third-order valence-electron chi connectivity index (χ3n) is 2.44. The van der Waals surface area contributed by atoms with E-state index in [9.17, 15) is 0 Å². The highest BCUT2D eigenvalue weighted by Crippen LogP contribution is 2.15. The van der Waals surface area contributed by atoms with Crippen molar-refractivity contribution < 1.29 is 9.47 Å². The van der Waals surface area contributed by atoms with Crippen LogP contribution in [0.15, 0.2) is 24.3 Å². The molecule has 0 spiro atoms. The highest BCUT2D eigenvalue weighted by atomic mass is 16.5. The molecule has 2 N–H and O–H groups in total. The fourth-order valence-corrected chi connectivity index (χ4v) is 1.28. The molecule has 0 amide bonds. The quantitative estimate of drug-likeness (QED) is 0.720. The number of aryl methyl sites for hydroxylation is 1. The van der Waals surface area contributed by atoms with E-state index in [0.717, 1.165) is 17.7 Å². The van der Waals surface area contributed by atoms with Gasteiger partial charge in [-0.3, -0.25) is 0 Å². The molecule has 0 radical (unpaired) electrons. The Hall–Kier alpha value is -1.06. The van der Waals surface area contributed by atoms with Crippen molar-refractivity contribution in [1.82, 2.24) is 0 Å². The third kappa shape index (κ3) is 4.64. The molecule has 0 heterocycles. The monoisotopic (exact) mass is 223 g/mol. The Morgan fingerprint density at radius 2 is 2.00 bits per heavy atom. The average molecular weight is 223 g/mol. The van der Waals surface area contributed by atoms with Gasteiger partial charge in [-0.1, -0.05) is 25.1 Å². The largest absolute Gasteiger partial charge is 0.491 e. The minimum atomic E-state index is 0.137. The molecule has 1 atom stereocenters. The van der Waals surface area contributed by atoms with E-state index in [-0.39, 0.29) is 6.04 Å². The van der Waals surface area contributed by atoms with Gasteiger partial charge in [-0.2, -0.15) is 0 Å². The van der Waals surface area contributed by atoms with Gasteiger partial charge in [0, 0.05) is 6.04 Å². The van der Waals surface area contributed by atoms with Crippen molar-refractivity contribution in [2.75, 3.05) is 19.8 Å². The summed E-state index contributed by atoms with van der Waals surface area (Å²) in [7, 11) is 0. The number of rotatable bonds is 7. The van der Waals surface area contributed by atoms with Crippen LogP contribution in [0.25, 0.3) is 0 Å². The van der Waals surface area contributed by atoms with Crippen molar-refractivity contribution in [2.45, 2.75) is 26.3 Å². The summed E-state index contributed by atoms with van der Waals surface area (Å²) in [5.74, 6) is 0.922. The van der Waals surface area contributed by atoms with Crippen molar-refractivity contribution in [3.63, 3.8) is 0 Å². The number of nitrogens with two attached hydrogens (primary N) is 1. The minimum absolute atomic E-state index is 0.137. The molecule has 0 aliphatic heterocycles. The second-order valence-corrected chi connectivity index (χ2v) is 3.86. The molecular formula is C13H21NO2. The Morgan fingerprint density at radius 1 is 1.25 bits per heavy atom. The van der Waals surface area contributed by atoms with Crippen molar-refractivity contribution in [1.29, 1.82) is 0 Å². The van der Waals surface area contributed by atoms with E-state index < -0.39 is 0 Å². The summed E-state index contributed by atoms with van der Waals surface area (Å²) < 4.78 is 11.0. The zero-order valence-corrected chi connectivity index (χ0v) is 10.1. The van der Waals surface area contributed by atoms with E-state index in [1.54, 1.807) is 0 Å². The SMILES string of the molecule is CCC(N)COCCOc1ccccc1C. The molecule has 0 saturated heterocycles. The summed E-state index contributed by atoms with van der Waals surface area (Å²) in [6.45, 7) is 5.85. The van der Waals surface area contributed by atoms with Gasteiger partial charge >= 0.3 is 0 Å². The van der Waals surface area contributed by atoms with Gasteiger partial charge in [0.15, 0.2) is 0 Å². The van der Waals surface area contributed by atoms with Crippen LogP contribution in [0.2, 0.25) is 0 Å². The fourth-order valence-electron chi connectivity index (χ4n) is 1.28. The standard InChI is InChI=1S/C13H21NO2/c1-3-12(14)10-15-8-9-16-13-7-5-4-6-11(13)2/h4-7,12H,3,8-10,14H2,1-2H3. The van der Waals surface area contributed by atoms with Crippen molar-refractivity contribution in [3.8, 4) is 5.75 Å². The molecular weight excluding hydrogens is 202 g/mol. The van der Waals surface area contributed by atoms with Gasteiger partial charge in [0.1, 0.15) is 12.4 Å². The van der Waals surface area contributed by atoms with Crippen LogP contribution in [0.3, 0.4) is 0 Å². The molecule has 1 unspecified atom stereocenters. The topological polar surface area (TPSA) is 44.5 Å². The average Bonchev–Trinajstić information content (AvgIpc) is 2.30. The van der Waals surface area contributed by atoms with Gasteiger partial charge in [0.05, 0.1) is 13.2 Å². The van der Waals surface area contributed by atoms with Crippen LogP contribution < -0.4 is 10.5 Å². The zero-order chi connectivity index (χ0) is 11.8. The molecule has 16 heavy (non-hydrogen) atoms. The molecule has 1 rings (SSSR count). The Balaban J connectivity index is 2.14. The van der Waals surface area contributed by atoms with E-state index in [1.807, 2.05) is 31.2 Å². The van der Waals surface area contributed by atoms with Crippen molar-refractivity contribution >= 4 is 0 Å². The van der Waals surface area contributed by atoms with Crippen LogP contribution in [-0.2, 0) is 4.74 Å². The second kappa shape index (κ2) is 7.25. The Morgan fingerprint density at radius 3 is 2.69 bits per heavy atom. The van der Waals surface area contributed by atoms with Gasteiger partial charge < -0.3 is 15.2 Å². The first-order chi connectivity index (χ1) is 7.74. The van der Waals surface area contributed by atoms with Crippen LogP contribution in [-0.4, -0.2) is 25.9 Å². The summed E-state index contributed by atoms with van der Waals surface area (Å²) in [5.41, 5.74) is 6.87. The number of benzene rings is 1. The van der Waals surface area contributed by atoms with E-state index >= 15 is 0 Å². The van der Waals surface area contributed by atoms with Crippen LogP contribution in [0.1, 0.15) is 18.9 Å². The van der Waals surface area contributed by atoms with E-state index in [2.05, 4.69) is 6.92 Å². The number of hydrogen-bond donors (Lipinski definition) is 1. The minimum Gasteiger partial charge on any atom is -0.491 e. The van der Waals surface area contributed by atoms with Gasteiger partial charge in [0.2, 0.25) is 0 Å². The van der Waals surface area contributed by atoms with Gasteiger partial charge in [0.25, 0.3) is 0 Å². The molecule has 90 valence electrons. The Kier molecular flexibility index (Phi) is 5.90. The molecule has 0 aliphatic carbocycles. The second-order valence-electron chi connectivity index (χ2n) is 3.86. The van der Waals surface area contributed by atoms with E-state index in [1.165, 1.54) is 0 Å². The summed E-state index contributed by atoms with van der Waals surface area (Å²) in [4.78, 5) is 0. The zero-order valence-electron chi connectivity index (χ0n) is 10.1. The predicted octanol–water partition coefficient (Wildman–Crippen LogP) is 2.13. The molecule has 1 aromatic carbocycles. The summed E-state index contributed by atoms with van der Waals surface area (Å²) >= 11 is 0. The maximum absolute atomic E-state index is 5.72. The summed E-state index contributed by atoms with van der Waals surface area (Å²) in [5, 5.41) is 0. The van der Waals surface area contributed by atoms with Crippen molar-refractivity contribution in [2.24, 2.45) is 5.73 Å². The number of ether oxygens (including phenoxy) is 2. The maximum atomic E-state index is 5.72. The molecule has 0 aliphatic rings. The van der Waals surface area contributed by atoms with Gasteiger partial charge in [-0.25, -0.2) is 0 Å². The summed E-state index contributed by atoms with van der Waals surface area (Å²) in [6, 6.07) is 8.10. The van der Waals surface area contributed by atoms with Crippen LogP contribution >= 0.6 is 0 Å². The Bertz CT molecular complexity index is 302. The van der Waals surface area contributed by atoms with E-state index in [4.69, 9.17) is 15.2 Å². The third-order valence-corrected chi connectivity index (χ3v) is 2.44. The number of para-hydroxylation sites is 1. The van der Waals surface area contributed by atoms with Gasteiger partial charge in [-0.15, -0.1) is 0 Å². The molecule has 0 fully saturated rings. The fraction of sp³-hybridized carbons (Fsp3) is 0.538. The lowest BCUT2D eigenvalue weighted by Crippen LogP contribution is -2.26.